The third-order valence-corrected chi connectivity index (χ3v) is 3.84. The van der Waals surface area contributed by atoms with E-state index in [9.17, 15) is 5.26 Å². The number of aromatic nitrogens is 5. The van der Waals surface area contributed by atoms with E-state index in [1.54, 1.807) is 25.8 Å². The van der Waals surface area contributed by atoms with Crippen LogP contribution in [0.3, 0.4) is 0 Å². The Labute approximate surface area is 137 Å². The molecule has 24 heavy (non-hydrogen) atoms. The molecule has 0 radical (unpaired) electrons. The quantitative estimate of drug-likeness (QED) is 0.605. The largest absolute Gasteiger partial charge is 0.497 e. The van der Waals surface area contributed by atoms with E-state index >= 15 is 0 Å². The second-order valence-electron chi connectivity index (χ2n) is 5.15. The highest BCUT2D eigenvalue weighted by molar-refractivity contribution is 5.98. The van der Waals surface area contributed by atoms with Gasteiger partial charge in [0, 0.05) is 16.5 Å². The van der Waals surface area contributed by atoms with Crippen molar-refractivity contribution in [2.24, 2.45) is 0 Å². The van der Waals surface area contributed by atoms with Crippen molar-refractivity contribution in [1.82, 2.24) is 25.1 Å². The Morgan fingerprint density at radius 2 is 2.00 bits per heavy atom. The number of rotatable bonds is 3. The number of H-pyrrole nitrogens is 2. The molecule has 0 saturated carbocycles. The van der Waals surface area contributed by atoms with Crippen molar-refractivity contribution in [3.8, 4) is 34.3 Å². The molecule has 7 nitrogen and oxygen atoms in total. The monoisotopic (exact) mass is 316 g/mol. The first kappa shape index (κ1) is 14.0. The van der Waals surface area contributed by atoms with Gasteiger partial charge in [-0.1, -0.05) is 0 Å². The summed E-state index contributed by atoms with van der Waals surface area (Å²) in [6.07, 6.45) is 4.92. The maximum Gasteiger partial charge on any atom is 0.156 e. The minimum absolute atomic E-state index is 0.471. The van der Waals surface area contributed by atoms with Crippen molar-refractivity contribution in [2.75, 3.05) is 7.11 Å². The summed E-state index contributed by atoms with van der Waals surface area (Å²) in [5.74, 6) is 0.744. The van der Waals surface area contributed by atoms with Gasteiger partial charge in [0.05, 0.1) is 42.8 Å². The number of fused-ring (bicyclic) bond motifs is 1. The van der Waals surface area contributed by atoms with Gasteiger partial charge in [-0.2, -0.15) is 10.4 Å². The SMILES string of the molecule is COc1ccc(-c2nc3[nH]ncc3c(-c3cnc[nH]3)c2C#N)cc1. The van der Waals surface area contributed by atoms with Crippen molar-refractivity contribution < 1.29 is 4.74 Å². The number of imidazole rings is 1. The van der Waals surface area contributed by atoms with Crippen LogP contribution >= 0.6 is 0 Å². The Bertz CT molecular complexity index is 1040. The first-order valence-corrected chi connectivity index (χ1v) is 7.22. The van der Waals surface area contributed by atoms with E-state index in [1.165, 1.54) is 0 Å². The highest BCUT2D eigenvalue weighted by Crippen LogP contribution is 2.35. The van der Waals surface area contributed by atoms with Crippen LogP contribution < -0.4 is 4.74 Å². The van der Waals surface area contributed by atoms with E-state index in [4.69, 9.17) is 4.74 Å². The lowest BCUT2D eigenvalue weighted by Gasteiger charge is -2.10. The zero-order chi connectivity index (χ0) is 16.5. The van der Waals surface area contributed by atoms with Crippen LogP contribution in [-0.2, 0) is 0 Å². The molecule has 0 fully saturated rings. The molecular formula is C17H12N6O. The van der Waals surface area contributed by atoms with Gasteiger partial charge in [0.1, 0.15) is 11.8 Å². The average Bonchev–Trinajstić information content (AvgIpc) is 3.31. The lowest BCUT2D eigenvalue weighted by Crippen LogP contribution is -1.96. The fourth-order valence-corrected chi connectivity index (χ4v) is 2.71. The first-order chi connectivity index (χ1) is 11.8. The van der Waals surface area contributed by atoms with Gasteiger partial charge in [-0.05, 0) is 24.3 Å². The molecule has 0 aliphatic rings. The summed E-state index contributed by atoms with van der Waals surface area (Å²) in [5, 5.41) is 17.5. The average molecular weight is 316 g/mol. The Kier molecular flexibility index (Phi) is 3.21. The molecule has 7 heteroatoms. The summed E-state index contributed by atoms with van der Waals surface area (Å²) < 4.78 is 5.19. The molecule has 3 aromatic heterocycles. The van der Waals surface area contributed by atoms with Crippen LogP contribution in [0.5, 0.6) is 5.75 Å². The van der Waals surface area contributed by atoms with Gasteiger partial charge < -0.3 is 9.72 Å². The summed E-state index contributed by atoms with van der Waals surface area (Å²) in [4.78, 5) is 11.7. The van der Waals surface area contributed by atoms with Gasteiger partial charge in [-0.25, -0.2) is 9.97 Å². The number of nitrogens with zero attached hydrogens (tertiary/aromatic N) is 4. The number of methoxy groups -OCH3 is 1. The van der Waals surface area contributed by atoms with Crippen LogP contribution in [-0.4, -0.2) is 32.3 Å². The molecule has 0 saturated heterocycles. The number of pyridine rings is 1. The predicted molar refractivity (Wildman–Crippen MR) is 88.2 cm³/mol. The molecule has 0 atom stereocenters. The second kappa shape index (κ2) is 5.52. The van der Waals surface area contributed by atoms with Gasteiger partial charge in [0.15, 0.2) is 5.65 Å². The summed E-state index contributed by atoms with van der Waals surface area (Å²) >= 11 is 0. The summed E-state index contributed by atoms with van der Waals surface area (Å²) in [6, 6.07) is 9.71. The lowest BCUT2D eigenvalue weighted by atomic mass is 9.98. The third kappa shape index (κ3) is 2.09. The van der Waals surface area contributed by atoms with Gasteiger partial charge in [0.2, 0.25) is 0 Å². The van der Waals surface area contributed by atoms with Crippen LogP contribution in [0.25, 0.3) is 33.5 Å². The highest BCUT2D eigenvalue weighted by atomic mass is 16.5. The minimum Gasteiger partial charge on any atom is -0.497 e. The fourth-order valence-electron chi connectivity index (χ4n) is 2.71. The Morgan fingerprint density at radius 1 is 1.17 bits per heavy atom. The Hall–Kier alpha value is -3.66. The van der Waals surface area contributed by atoms with Crippen molar-refractivity contribution >= 4 is 11.0 Å². The maximum absolute atomic E-state index is 9.78. The van der Waals surface area contributed by atoms with Gasteiger partial charge in [-0.3, -0.25) is 5.10 Å². The lowest BCUT2D eigenvalue weighted by molar-refractivity contribution is 0.415. The van der Waals surface area contributed by atoms with Gasteiger partial charge in [-0.15, -0.1) is 0 Å². The summed E-state index contributed by atoms with van der Waals surface area (Å²) in [7, 11) is 1.61. The van der Waals surface area contributed by atoms with Crippen LogP contribution in [0.15, 0.2) is 43.0 Å². The number of hydrogen-bond donors (Lipinski definition) is 2. The van der Waals surface area contributed by atoms with Crippen molar-refractivity contribution in [3.05, 3.63) is 48.5 Å². The number of ether oxygens (including phenoxy) is 1. The van der Waals surface area contributed by atoms with Gasteiger partial charge in [0.25, 0.3) is 0 Å². The molecule has 0 bridgehead atoms. The van der Waals surface area contributed by atoms with Crippen molar-refractivity contribution in [2.45, 2.75) is 0 Å². The van der Waals surface area contributed by atoms with E-state index in [0.29, 0.717) is 16.9 Å². The molecule has 0 amide bonds. The normalized spacial score (nSPS) is 10.7. The number of hydrogen-bond acceptors (Lipinski definition) is 5. The van der Waals surface area contributed by atoms with E-state index < -0.39 is 0 Å². The zero-order valence-electron chi connectivity index (χ0n) is 12.7. The smallest absolute Gasteiger partial charge is 0.156 e. The standard InChI is InChI=1S/C17H12N6O/c1-24-11-4-2-10(3-5-11)16-12(6-18)15(14-8-19-9-20-14)13-7-21-23-17(13)22-16/h2-5,7-9H,1H3,(H,19,20)(H,21,22,23). The molecule has 0 spiro atoms. The third-order valence-electron chi connectivity index (χ3n) is 3.84. The molecule has 0 unspecified atom stereocenters. The van der Waals surface area contributed by atoms with Gasteiger partial charge >= 0.3 is 0 Å². The summed E-state index contributed by atoms with van der Waals surface area (Å²) in [6.45, 7) is 0. The first-order valence-electron chi connectivity index (χ1n) is 7.22. The Morgan fingerprint density at radius 3 is 2.67 bits per heavy atom. The van der Waals surface area contributed by atoms with E-state index in [2.05, 4.69) is 31.2 Å². The Balaban J connectivity index is 2.04. The van der Waals surface area contributed by atoms with Crippen molar-refractivity contribution in [3.63, 3.8) is 0 Å². The molecular weight excluding hydrogens is 304 g/mol. The van der Waals surface area contributed by atoms with Crippen LogP contribution in [0.2, 0.25) is 0 Å². The molecule has 1 aromatic carbocycles. The van der Waals surface area contributed by atoms with Crippen LogP contribution in [0, 0.1) is 11.3 Å². The van der Waals surface area contributed by atoms with E-state index in [-0.39, 0.29) is 0 Å². The zero-order valence-corrected chi connectivity index (χ0v) is 12.7. The number of benzene rings is 1. The molecule has 0 aliphatic heterocycles. The van der Waals surface area contributed by atoms with Crippen molar-refractivity contribution in [1.29, 1.82) is 5.26 Å². The second-order valence-corrected chi connectivity index (χ2v) is 5.15. The minimum atomic E-state index is 0.471. The number of aromatic amines is 2. The maximum atomic E-state index is 9.78. The topological polar surface area (TPSA) is 103 Å². The number of nitriles is 1. The fraction of sp³-hybridized carbons (Fsp3) is 0.0588. The van der Waals surface area contributed by atoms with Crippen LogP contribution in [0.4, 0.5) is 0 Å². The van der Waals surface area contributed by atoms with E-state index in [0.717, 1.165) is 28.0 Å². The molecule has 3 heterocycles. The number of nitrogens with one attached hydrogen (secondary N) is 2. The molecule has 2 N–H and O–H groups in total. The molecule has 4 rings (SSSR count). The molecule has 4 aromatic rings. The summed E-state index contributed by atoms with van der Waals surface area (Å²) in [5.41, 5.74) is 3.98. The van der Waals surface area contributed by atoms with Crippen LogP contribution in [0.1, 0.15) is 5.56 Å². The predicted octanol–water partition coefficient (Wildman–Crippen LogP) is 2.90. The molecule has 0 aliphatic carbocycles. The molecule has 116 valence electrons. The van der Waals surface area contributed by atoms with E-state index in [1.807, 2.05) is 24.3 Å². The highest BCUT2D eigenvalue weighted by Gasteiger charge is 2.19.